The number of amides is 2. The van der Waals surface area contributed by atoms with Gasteiger partial charge in [0.15, 0.2) is 0 Å². The quantitative estimate of drug-likeness (QED) is 0.896. The van der Waals surface area contributed by atoms with E-state index < -0.39 is 5.82 Å². The number of urea groups is 1. The van der Waals surface area contributed by atoms with Gasteiger partial charge in [-0.1, -0.05) is 12.1 Å². The molecule has 5 nitrogen and oxygen atoms in total. The minimum atomic E-state index is -0.414. The number of rotatable bonds is 3. The van der Waals surface area contributed by atoms with Crippen molar-refractivity contribution in [1.82, 2.24) is 4.90 Å². The molecular formula is C21H25FN4O. The Hall–Kier alpha value is -2.76. The molecular weight excluding hydrogens is 343 g/mol. The molecule has 6 heteroatoms. The lowest BCUT2D eigenvalue weighted by molar-refractivity contribution is 0.208. The maximum Gasteiger partial charge on any atom is 0.322 e. The van der Waals surface area contributed by atoms with Crippen molar-refractivity contribution < 1.29 is 9.18 Å². The van der Waals surface area contributed by atoms with Crippen molar-refractivity contribution in [3.8, 4) is 0 Å². The summed E-state index contributed by atoms with van der Waals surface area (Å²) in [6.45, 7) is 5.08. The predicted octanol–water partition coefficient (Wildman–Crippen LogP) is 3.78. The summed E-state index contributed by atoms with van der Waals surface area (Å²) < 4.78 is 13.7. The first-order valence-corrected chi connectivity index (χ1v) is 9.61. The van der Waals surface area contributed by atoms with Crippen molar-refractivity contribution in [1.29, 1.82) is 0 Å². The zero-order valence-electron chi connectivity index (χ0n) is 15.4. The largest absolute Gasteiger partial charge is 0.372 e. The maximum absolute atomic E-state index is 13.7. The van der Waals surface area contributed by atoms with Gasteiger partial charge < -0.3 is 20.0 Å². The molecule has 2 aliphatic rings. The first-order chi connectivity index (χ1) is 13.2. The zero-order valence-corrected chi connectivity index (χ0v) is 15.4. The van der Waals surface area contributed by atoms with Crippen LogP contribution in [-0.4, -0.2) is 50.2 Å². The van der Waals surface area contributed by atoms with Gasteiger partial charge in [-0.15, -0.1) is 0 Å². The smallest absolute Gasteiger partial charge is 0.322 e. The van der Waals surface area contributed by atoms with E-state index in [1.165, 1.54) is 30.3 Å². The topological polar surface area (TPSA) is 38.8 Å². The van der Waals surface area contributed by atoms with E-state index in [2.05, 4.69) is 39.4 Å². The number of piperazine rings is 1. The van der Waals surface area contributed by atoms with Crippen molar-refractivity contribution in [2.75, 3.05) is 54.4 Å². The Kier molecular flexibility index (Phi) is 5.14. The summed E-state index contributed by atoms with van der Waals surface area (Å²) in [5, 5.41) is 2.66. The van der Waals surface area contributed by atoms with Gasteiger partial charge in [0.25, 0.3) is 0 Å². The van der Waals surface area contributed by atoms with Crippen LogP contribution in [0.25, 0.3) is 0 Å². The second-order valence-electron chi connectivity index (χ2n) is 7.09. The fourth-order valence-electron chi connectivity index (χ4n) is 3.77. The van der Waals surface area contributed by atoms with Crippen LogP contribution < -0.4 is 15.1 Å². The first kappa shape index (κ1) is 17.6. The van der Waals surface area contributed by atoms with Gasteiger partial charge >= 0.3 is 6.03 Å². The average molecular weight is 368 g/mol. The predicted molar refractivity (Wildman–Crippen MR) is 107 cm³/mol. The van der Waals surface area contributed by atoms with E-state index in [1.807, 2.05) is 0 Å². The van der Waals surface area contributed by atoms with Crippen molar-refractivity contribution >= 4 is 23.1 Å². The average Bonchev–Trinajstić information content (AvgIpc) is 3.25. The number of halogens is 1. The fraction of sp³-hybridized carbons (Fsp3) is 0.381. The van der Waals surface area contributed by atoms with Crippen molar-refractivity contribution in [3.63, 3.8) is 0 Å². The van der Waals surface area contributed by atoms with E-state index in [9.17, 15) is 9.18 Å². The number of hydrogen-bond acceptors (Lipinski definition) is 3. The molecule has 2 saturated heterocycles. The Bertz CT molecular complexity index is 781. The second kappa shape index (κ2) is 7.86. The Morgan fingerprint density at radius 3 is 1.93 bits per heavy atom. The van der Waals surface area contributed by atoms with Crippen LogP contribution in [0.1, 0.15) is 12.8 Å². The van der Waals surface area contributed by atoms with Crippen molar-refractivity contribution in [2.45, 2.75) is 12.8 Å². The first-order valence-electron chi connectivity index (χ1n) is 9.61. The Balaban J connectivity index is 1.32. The highest BCUT2D eigenvalue weighted by Gasteiger charge is 2.22. The van der Waals surface area contributed by atoms with Crippen LogP contribution in [0.3, 0.4) is 0 Å². The molecule has 0 radical (unpaired) electrons. The molecule has 1 N–H and O–H groups in total. The molecule has 142 valence electrons. The van der Waals surface area contributed by atoms with E-state index in [-0.39, 0.29) is 11.7 Å². The maximum atomic E-state index is 13.7. The number of hydrogen-bond donors (Lipinski definition) is 1. The molecule has 2 aliphatic heterocycles. The van der Waals surface area contributed by atoms with Gasteiger partial charge in [0, 0.05) is 50.6 Å². The van der Waals surface area contributed by atoms with Crippen molar-refractivity contribution in [3.05, 3.63) is 54.3 Å². The normalized spacial score (nSPS) is 17.3. The van der Waals surface area contributed by atoms with Crippen LogP contribution in [0.5, 0.6) is 0 Å². The van der Waals surface area contributed by atoms with Crippen LogP contribution in [0, 0.1) is 5.82 Å². The molecule has 2 aromatic carbocycles. The molecule has 2 fully saturated rings. The van der Waals surface area contributed by atoms with Crippen LogP contribution in [0.2, 0.25) is 0 Å². The van der Waals surface area contributed by atoms with Gasteiger partial charge in [-0.25, -0.2) is 9.18 Å². The number of para-hydroxylation sites is 1. The minimum Gasteiger partial charge on any atom is -0.372 e. The summed E-state index contributed by atoms with van der Waals surface area (Å²) in [4.78, 5) is 18.8. The number of benzene rings is 2. The highest BCUT2D eigenvalue weighted by atomic mass is 19.1. The summed E-state index contributed by atoms with van der Waals surface area (Å²) in [7, 11) is 0. The van der Waals surface area contributed by atoms with E-state index in [1.54, 1.807) is 23.1 Å². The van der Waals surface area contributed by atoms with Gasteiger partial charge in [0.1, 0.15) is 5.82 Å². The van der Waals surface area contributed by atoms with E-state index >= 15 is 0 Å². The molecule has 2 amide bonds. The third kappa shape index (κ3) is 3.99. The molecule has 0 aromatic heterocycles. The Morgan fingerprint density at radius 2 is 1.33 bits per heavy atom. The van der Waals surface area contributed by atoms with Crippen LogP contribution in [0.15, 0.2) is 48.5 Å². The molecule has 27 heavy (non-hydrogen) atoms. The SMILES string of the molecule is O=C(Nc1ccccc1F)N1CCN(c2ccc(N3CCCC3)cc2)CC1. The van der Waals surface area contributed by atoms with Gasteiger partial charge in [-0.2, -0.15) is 0 Å². The molecule has 0 bridgehead atoms. The van der Waals surface area contributed by atoms with E-state index in [0.29, 0.717) is 13.1 Å². The lowest BCUT2D eigenvalue weighted by atomic mass is 10.2. The van der Waals surface area contributed by atoms with Crippen molar-refractivity contribution in [2.24, 2.45) is 0 Å². The van der Waals surface area contributed by atoms with Crippen LogP contribution in [-0.2, 0) is 0 Å². The number of nitrogens with zero attached hydrogens (tertiary/aromatic N) is 3. The van der Waals surface area contributed by atoms with Gasteiger partial charge in [-0.05, 0) is 49.2 Å². The fourth-order valence-corrected chi connectivity index (χ4v) is 3.77. The Labute approximate surface area is 159 Å². The summed E-state index contributed by atoms with van der Waals surface area (Å²) >= 11 is 0. The zero-order chi connectivity index (χ0) is 18.6. The van der Waals surface area contributed by atoms with Gasteiger partial charge in [-0.3, -0.25) is 0 Å². The molecule has 0 spiro atoms. The second-order valence-corrected chi connectivity index (χ2v) is 7.09. The molecule has 2 heterocycles. The standard InChI is InChI=1S/C21H25FN4O/c22-19-5-1-2-6-20(19)23-21(27)26-15-13-25(14-16-26)18-9-7-17(8-10-18)24-11-3-4-12-24/h1-2,5-10H,3-4,11-16H2,(H,23,27). The molecule has 0 saturated carbocycles. The number of nitrogens with one attached hydrogen (secondary N) is 1. The van der Waals surface area contributed by atoms with Gasteiger partial charge in [0.05, 0.1) is 5.69 Å². The lowest BCUT2D eigenvalue weighted by Gasteiger charge is -2.36. The molecule has 2 aromatic rings. The van der Waals surface area contributed by atoms with Crippen LogP contribution in [0.4, 0.5) is 26.2 Å². The molecule has 0 atom stereocenters. The van der Waals surface area contributed by atoms with Gasteiger partial charge in [0.2, 0.25) is 0 Å². The number of anilines is 3. The summed E-state index contributed by atoms with van der Waals surface area (Å²) in [6.07, 6.45) is 2.55. The highest BCUT2D eigenvalue weighted by Crippen LogP contribution is 2.24. The minimum absolute atomic E-state index is 0.224. The summed E-state index contributed by atoms with van der Waals surface area (Å²) in [5.41, 5.74) is 2.70. The Morgan fingerprint density at radius 1 is 0.778 bits per heavy atom. The molecule has 4 rings (SSSR count). The lowest BCUT2D eigenvalue weighted by Crippen LogP contribution is -2.50. The van der Waals surface area contributed by atoms with Crippen LogP contribution >= 0.6 is 0 Å². The molecule has 0 aliphatic carbocycles. The van der Waals surface area contributed by atoms with E-state index in [4.69, 9.17) is 0 Å². The monoisotopic (exact) mass is 368 g/mol. The number of carbonyl (C=O) groups excluding carboxylic acids is 1. The summed E-state index contributed by atoms with van der Waals surface area (Å²) in [5.74, 6) is -0.414. The highest BCUT2D eigenvalue weighted by molar-refractivity contribution is 5.89. The summed E-state index contributed by atoms with van der Waals surface area (Å²) in [6, 6.07) is 14.7. The van der Waals surface area contributed by atoms with E-state index in [0.717, 1.165) is 26.2 Å². The number of carbonyl (C=O) groups is 1. The molecule has 0 unspecified atom stereocenters. The third-order valence-corrected chi connectivity index (χ3v) is 5.37. The third-order valence-electron chi connectivity index (χ3n) is 5.37.